The molecule has 21 heavy (non-hydrogen) atoms. The van der Waals surface area contributed by atoms with Crippen LogP contribution >= 0.6 is 0 Å². The second-order valence-electron chi connectivity index (χ2n) is 5.00. The average molecular weight is 336 g/mol. The van der Waals surface area contributed by atoms with E-state index in [1.54, 1.807) is 0 Å². The molecule has 1 aliphatic rings. The molecule has 1 saturated heterocycles. The van der Waals surface area contributed by atoms with Gasteiger partial charge in [0.1, 0.15) is 15.7 Å². The molecule has 0 bridgehead atoms. The Labute approximate surface area is 123 Å². The van der Waals surface area contributed by atoms with E-state index in [0.29, 0.717) is 5.56 Å². The first kappa shape index (κ1) is 16.2. The number of halogens is 1. The minimum atomic E-state index is -3.72. The zero-order valence-electron chi connectivity index (χ0n) is 11.2. The molecule has 2 rings (SSSR count). The number of rotatable bonds is 4. The second kappa shape index (κ2) is 5.90. The zero-order valence-corrected chi connectivity index (χ0v) is 12.9. The molecule has 1 aromatic rings. The standard InChI is InChI=1S/C12H17FN2O4S2/c13-10-1-2-12(9(7-10)8-14)15-21(18,19)11-3-5-20(16,17)6-4-11/h1-2,7,11,15H,3-6,8,14H2. The minimum absolute atomic E-state index is 0.00530. The van der Waals surface area contributed by atoms with Crippen molar-refractivity contribution in [3.63, 3.8) is 0 Å². The Hall–Kier alpha value is -1.19. The van der Waals surface area contributed by atoms with Crippen molar-refractivity contribution in [1.82, 2.24) is 0 Å². The normalized spacial score (nSPS) is 19.3. The maximum Gasteiger partial charge on any atom is 0.235 e. The molecule has 0 amide bonds. The average Bonchev–Trinajstić information content (AvgIpc) is 2.40. The van der Waals surface area contributed by atoms with Crippen LogP contribution in [0.3, 0.4) is 0 Å². The quantitative estimate of drug-likeness (QED) is 0.837. The van der Waals surface area contributed by atoms with Gasteiger partial charge in [-0.25, -0.2) is 21.2 Å². The predicted molar refractivity (Wildman–Crippen MR) is 78.5 cm³/mol. The highest BCUT2D eigenvalue weighted by molar-refractivity contribution is 7.94. The lowest BCUT2D eigenvalue weighted by Crippen LogP contribution is -2.36. The highest BCUT2D eigenvalue weighted by Gasteiger charge is 2.33. The fraction of sp³-hybridized carbons (Fsp3) is 0.500. The lowest BCUT2D eigenvalue weighted by Gasteiger charge is -2.23. The van der Waals surface area contributed by atoms with Crippen LogP contribution in [-0.2, 0) is 26.4 Å². The minimum Gasteiger partial charge on any atom is -0.326 e. The molecule has 1 aromatic carbocycles. The van der Waals surface area contributed by atoms with Crippen molar-refractivity contribution in [2.45, 2.75) is 24.6 Å². The molecule has 0 atom stereocenters. The summed E-state index contributed by atoms with van der Waals surface area (Å²) >= 11 is 0. The first-order valence-corrected chi connectivity index (χ1v) is 9.81. The van der Waals surface area contributed by atoms with Crippen molar-refractivity contribution >= 4 is 25.5 Å². The molecule has 0 radical (unpaired) electrons. The highest BCUT2D eigenvalue weighted by Crippen LogP contribution is 2.24. The van der Waals surface area contributed by atoms with Gasteiger partial charge in [0.15, 0.2) is 0 Å². The smallest absolute Gasteiger partial charge is 0.235 e. The molecule has 1 heterocycles. The molecule has 6 nitrogen and oxygen atoms in total. The summed E-state index contributed by atoms with van der Waals surface area (Å²) in [6.07, 6.45) is 0.133. The summed E-state index contributed by atoms with van der Waals surface area (Å²) in [6, 6.07) is 3.63. The van der Waals surface area contributed by atoms with E-state index in [1.807, 2.05) is 0 Å². The van der Waals surface area contributed by atoms with E-state index >= 15 is 0 Å². The third kappa shape index (κ3) is 3.92. The molecular weight excluding hydrogens is 319 g/mol. The van der Waals surface area contributed by atoms with Gasteiger partial charge in [0.25, 0.3) is 0 Å². The number of sulfone groups is 1. The summed E-state index contributed by atoms with van der Waals surface area (Å²) in [4.78, 5) is 0. The van der Waals surface area contributed by atoms with Crippen molar-refractivity contribution in [1.29, 1.82) is 0 Å². The summed E-state index contributed by atoms with van der Waals surface area (Å²) in [5.74, 6) is -0.764. The summed E-state index contributed by atoms with van der Waals surface area (Å²) < 4.78 is 62.7. The maximum atomic E-state index is 13.1. The molecule has 1 aliphatic heterocycles. The molecule has 1 fully saturated rings. The number of benzene rings is 1. The van der Waals surface area contributed by atoms with Gasteiger partial charge in [-0.2, -0.15) is 0 Å². The van der Waals surface area contributed by atoms with E-state index in [9.17, 15) is 21.2 Å². The number of sulfonamides is 1. The van der Waals surface area contributed by atoms with Crippen LogP contribution in [0.15, 0.2) is 18.2 Å². The highest BCUT2D eigenvalue weighted by atomic mass is 32.2. The first-order chi connectivity index (χ1) is 9.73. The number of nitrogens with one attached hydrogen (secondary N) is 1. The Bertz CT molecular complexity index is 718. The van der Waals surface area contributed by atoms with Gasteiger partial charge in [0.2, 0.25) is 10.0 Å². The zero-order chi connectivity index (χ0) is 15.7. The molecular formula is C12H17FN2O4S2. The fourth-order valence-electron chi connectivity index (χ4n) is 2.25. The lowest BCUT2D eigenvalue weighted by atomic mass is 10.2. The van der Waals surface area contributed by atoms with E-state index in [4.69, 9.17) is 5.73 Å². The van der Waals surface area contributed by atoms with Gasteiger partial charge in [0, 0.05) is 6.54 Å². The van der Waals surface area contributed by atoms with Crippen LogP contribution in [-0.4, -0.2) is 33.6 Å². The summed E-state index contributed by atoms with van der Waals surface area (Å²) in [5.41, 5.74) is 6.05. The van der Waals surface area contributed by atoms with Gasteiger partial charge in [-0.05, 0) is 36.6 Å². The van der Waals surface area contributed by atoms with Gasteiger partial charge < -0.3 is 5.73 Å². The Kier molecular flexibility index (Phi) is 4.54. The molecule has 0 spiro atoms. The molecule has 0 aliphatic carbocycles. The first-order valence-electron chi connectivity index (χ1n) is 6.44. The Balaban J connectivity index is 2.19. The summed E-state index contributed by atoms with van der Waals surface area (Å²) in [7, 11) is -6.85. The van der Waals surface area contributed by atoms with Crippen molar-refractivity contribution in [3.05, 3.63) is 29.6 Å². The number of nitrogens with two attached hydrogens (primary N) is 1. The molecule has 0 unspecified atom stereocenters. The lowest BCUT2D eigenvalue weighted by molar-refractivity contribution is 0.555. The molecule has 118 valence electrons. The number of hydrogen-bond acceptors (Lipinski definition) is 5. The monoisotopic (exact) mass is 336 g/mol. The van der Waals surface area contributed by atoms with Crippen LogP contribution in [0.1, 0.15) is 18.4 Å². The van der Waals surface area contributed by atoms with E-state index in [-0.39, 0.29) is 36.6 Å². The molecule has 3 N–H and O–H groups in total. The van der Waals surface area contributed by atoms with E-state index in [0.717, 1.165) is 6.07 Å². The maximum absolute atomic E-state index is 13.1. The Morgan fingerprint density at radius 1 is 1.29 bits per heavy atom. The van der Waals surface area contributed by atoms with Gasteiger partial charge >= 0.3 is 0 Å². The van der Waals surface area contributed by atoms with E-state index < -0.39 is 30.9 Å². The van der Waals surface area contributed by atoms with Crippen LogP contribution in [0.4, 0.5) is 10.1 Å². The van der Waals surface area contributed by atoms with Crippen LogP contribution < -0.4 is 10.5 Å². The SMILES string of the molecule is NCc1cc(F)ccc1NS(=O)(=O)C1CCS(=O)(=O)CC1. The topological polar surface area (TPSA) is 106 Å². The molecule has 0 saturated carbocycles. The van der Waals surface area contributed by atoms with Gasteiger partial charge in [0.05, 0.1) is 22.4 Å². The third-order valence-electron chi connectivity index (χ3n) is 3.48. The summed E-state index contributed by atoms with van der Waals surface area (Å²) in [6.45, 7) is -0.00530. The predicted octanol–water partition coefficient (Wildman–Crippen LogP) is 0.603. The summed E-state index contributed by atoms with van der Waals surface area (Å²) in [5, 5.41) is -0.767. The van der Waals surface area contributed by atoms with E-state index in [2.05, 4.69) is 4.72 Å². The van der Waals surface area contributed by atoms with Gasteiger partial charge in [-0.15, -0.1) is 0 Å². The third-order valence-corrected chi connectivity index (χ3v) is 7.05. The number of hydrogen-bond donors (Lipinski definition) is 2. The van der Waals surface area contributed by atoms with Crippen LogP contribution in [0.5, 0.6) is 0 Å². The molecule has 9 heteroatoms. The van der Waals surface area contributed by atoms with Gasteiger partial charge in [-0.3, -0.25) is 4.72 Å². The van der Waals surface area contributed by atoms with Gasteiger partial charge in [-0.1, -0.05) is 0 Å². The number of anilines is 1. The van der Waals surface area contributed by atoms with Crippen LogP contribution in [0, 0.1) is 5.82 Å². The van der Waals surface area contributed by atoms with Crippen LogP contribution in [0.2, 0.25) is 0 Å². The Morgan fingerprint density at radius 3 is 2.48 bits per heavy atom. The van der Waals surface area contributed by atoms with Crippen molar-refractivity contribution < 1.29 is 21.2 Å². The Morgan fingerprint density at radius 2 is 1.90 bits per heavy atom. The van der Waals surface area contributed by atoms with E-state index in [1.165, 1.54) is 12.1 Å². The fourth-order valence-corrected chi connectivity index (χ4v) is 5.56. The largest absolute Gasteiger partial charge is 0.326 e. The van der Waals surface area contributed by atoms with Crippen LogP contribution in [0.25, 0.3) is 0 Å². The van der Waals surface area contributed by atoms with Crippen molar-refractivity contribution in [2.75, 3.05) is 16.2 Å². The van der Waals surface area contributed by atoms with Crippen molar-refractivity contribution in [2.24, 2.45) is 5.73 Å². The second-order valence-corrected chi connectivity index (χ2v) is 9.27. The van der Waals surface area contributed by atoms with Crippen molar-refractivity contribution in [3.8, 4) is 0 Å². The molecule has 0 aromatic heterocycles.